The molecule has 0 aliphatic carbocycles. The lowest BCUT2D eigenvalue weighted by Crippen LogP contribution is -2.36. The molecule has 0 aliphatic heterocycles. The third-order valence-electron chi connectivity index (χ3n) is 3.50. The van der Waals surface area contributed by atoms with E-state index in [4.69, 9.17) is 4.74 Å². The zero-order valence-corrected chi connectivity index (χ0v) is 12.8. The fraction of sp³-hybridized carbons (Fsp3) is 0.389. The van der Waals surface area contributed by atoms with Crippen molar-refractivity contribution in [1.82, 2.24) is 5.32 Å². The average Bonchev–Trinajstić information content (AvgIpc) is 2.51. The van der Waals surface area contributed by atoms with Crippen molar-refractivity contribution in [3.8, 4) is 5.75 Å². The van der Waals surface area contributed by atoms with E-state index in [9.17, 15) is 4.79 Å². The average molecular weight is 285 g/mol. The molecule has 2 aromatic rings. The molecule has 2 aromatic carbocycles. The number of hydrogen-bond acceptors (Lipinski definition) is 2. The third-order valence-corrected chi connectivity index (χ3v) is 3.50. The summed E-state index contributed by atoms with van der Waals surface area (Å²) >= 11 is 0. The predicted octanol–water partition coefficient (Wildman–Crippen LogP) is 3.91. The standard InChI is InChI=1S/C18H23NO2/c1-3-4-7-13-19-18(20)14(2)21-17-12-8-10-15-9-5-6-11-16(15)17/h5-6,8-12,14H,3-4,7,13H2,1-2H3,(H,19,20)/t14-/m1/s1. The Morgan fingerprint density at radius 2 is 1.90 bits per heavy atom. The van der Waals surface area contributed by atoms with Gasteiger partial charge in [-0.2, -0.15) is 0 Å². The summed E-state index contributed by atoms with van der Waals surface area (Å²) in [5.74, 6) is 0.698. The predicted molar refractivity (Wildman–Crippen MR) is 86.6 cm³/mol. The number of ether oxygens (including phenoxy) is 1. The van der Waals surface area contributed by atoms with Crippen LogP contribution in [-0.4, -0.2) is 18.6 Å². The molecule has 0 aromatic heterocycles. The molecular weight excluding hydrogens is 262 g/mol. The first kappa shape index (κ1) is 15.4. The molecular formula is C18H23NO2. The van der Waals surface area contributed by atoms with E-state index >= 15 is 0 Å². The number of amides is 1. The molecule has 1 amide bonds. The van der Waals surface area contributed by atoms with Crippen LogP contribution < -0.4 is 10.1 Å². The summed E-state index contributed by atoms with van der Waals surface area (Å²) in [4.78, 5) is 12.0. The van der Waals surface area contributed by atoms with Crippen molar-refractivity contribution in [3.05, 3.63) is 42.5 Å². The molecule has 3 nitrogen and oxygen atoms in total. The van der Waals surface area contributed by atoms with Crippen LogP contribution >= 0.6 is 0 Å². The zero-order chi connectivity index (χ0) is 15.1. The van der Waals surface area contributed by atoms with E-state index in [1.807, 2.05) is 42.5 Å². The van der Waals surface area contributed by atoms with Gasteiger partial charge in [-0.25, -0.2) is 0 Å². The van der Waals surface area contributed by atoms with Crippen LogP contribution in [-0.2, 0) is 4.79 Å². The maximum Gasteiger partial charge on any atom is 0.260 e. The summed E-state index contributed by atoms with van der Waals surface area (Å²) < 4.78 is 5.83. The second-order valence-electron chi connectivity index (χ2n) is 5.24. The lowest BCUT2D eigenvalue weighted by molar-refractivity contribution is -0.127. The molecule has 0 saturated heterocycles. The first-order valence-corrected chi connectivity index (χ1v) is 7.64. The van der Waals surface area contributed by atoms with Gasteiger partial charge < -0.3 is 10.1 Å². The number of nitrogens with one attached hydrogen (secondary N) is 1. The largest absolute Gasteiger partial charge is 0.480 e. The van der Waals surface area contributed by atoms with Gasteiger partial charge >= 0.3 is 0 Å². The number of benzene rings is 2. The second kappa shape index (κ2) is 7.67. The normalized spacial score (nSPS) is 12.1. The van der Waals surface area contributed by atoms with Gasteiger partial charge in [0.15, 0.2) is 6.10 Å². The van der Waals surface area contributed by atoms with Gasteiger partial charge in [0, 0.05) is 11.9 Å². The Morgan fingerprint density at radius 3 is 2.71 bits per heavy atom. The highest BCUT2D eigenvalue weighted by Gasteiger charge is 2.15. The molecule has 112 valence electrons. The van der Waals surface area contributed by atoms with Crippen LogP contribution in [0.5, 0.6) is 5.75 Å². The maximum atomic E-state index is 12.0. The molecule has 0 bridgehead atoms. The number of unbranched alkanes of at least 4 members (excludes halogenated alkanes) is 2. The summed E-state index contributed by atoms with van der Waals surface area (Å²) in [5, 5.41) is 5.07. The van der Waals surface area contributed by atoms with Gasteiger partial charge in [-0.05, 0) is 24.8 Å². The lowest BCUT2D eigenvalue weighted by atomic mass is 10.1. The molecule has 0 radical (unpaired) electrons. The van der Waals surface area contributed by atoms with E-state index < -0.39 is 6.10 Å². The number of carbonyl (C=O) groups is 1. The summed E-state index contributed by atoms with van der Waals surface area (Å²) in [6, 6.07) is 13.9. The summed E-state index contributed by atoms with van der Waals surface area (Å²) in [6.45, 7) is 4.65. The van der Waals surface area contributed by atoms with Crippen LogP contribution in [0, 0.1) is 0 Å². The Kier molecular flexibility index (Phi) is 5.61. The SMILES string of the molecule is CCCCCNC(=O)[C@@H](C)Oc1cccc2ccccc12. The van der Waals surface area contributed by atoms with Gasteiger partial charge in [0.05, 0.1) is 0 Å². The van der Waals surface area contributed by atoms with Gasteiger partial charge in [-0.3, -0.25) is 4.79 Å². The molecule has 0 heterocycles. The summed E-state index contributed by atoms with van der Waals surface area (Å²) in [7, 11) is 0. The van der Waals surface area contributed by atoms with Crippen molar-refractivity contribution in [2.45, 2.75) is 39.2 Å². The fourth-order valence-corrected chi connectivity index (χ4v) is 2.27. The Hall–Kier alpha value is -2.03. The van der Waals surface area contributed by atoms with Gasteiger partial charge in [0.25, 0.3) is 5.91 Å². The van der Waals surface area contributed by atoms with Crippen molar-refractivity contribution in [2.24, 2.45) is 0 Å². The Labute approximate surface area is 126 Å². The van der Waals surface area contributed by atoms with Gasteiger partial charge in [0.1, 0.15) is 5.75 Å². The molecule has 21 heavy (non-hydrogen) atoms. The number of rotatable bonds is 7. The van der Waals surface area contributed by atoms with Crippen molar-refractivity contribution < 1.29 is 9.53 Å². The lowest BCUT2D eigenvalue weighted by Gasteiger charge is -2.16. The Bertz CT molecular complexity index is 589. The minimum absolute atomic E-state index is 0.0564. The minimum atomic E-state index is -0.488. The fourth-order valence-electron chi connectivity index (χ4n) is 2.27. The van der Waals surface area contributed by atoms with E-state index in [0.717, 1.165) is 42.3 Å². The highest BCUT2D eigenvalue weighted by atomic mass is 16.5. The molecule has 1 atom stereocenters. The van der Waals surface area contributed by atoms with E-state index in [-0.39, 0.29) is 5.91 Å². The molecule has 3 heteroatoms. The van der Waals surface area contributed by atoms with E-state index in [2.05, 4.69) is 12.2 Å². The number of hydrogen-bond donors (Lipinski definition) is 1. The molecule has 0 aliphatic rings. The highest BCUT2D eigenvalue weighted by Crippen LogP contribution is 2.25. The van der Waals surface area contributed by atoms with Crippen LogP contribution in [0.15, 0.2) is 42.5 Å². The minimum Gasteiger partial charge on any atom is -0.480 e. The smallest absolute Gasteiger partial charge is 0.260 e. The van der Waals surface area contributed by atoms with Gasteiger partial charge in [0.2, 0.25) is 0 Å². The Morgan fingerprint density at radius 1 is 1.14 bits per heavy atom. The van der Waals surface area contributed by atoms with E-state index in [1.165, 1.54) is 0 Å². The van der Waals surface area contributed by atoms with Crippen molar-refractivity contribution in [3.63, 3.8) is 0 Å². The number of carbonyl (C=O) groups excluding carboxylic acids is 1. The summed E-state index contributed by atoms with van der Waals surface area (Å²) in [6.07, 6.45) is 2.82. The molecule has 0 unspecified atom stereocenters. The van der Waals surface area contributed by atoms with Crippen molar-refractivity contribution in [1.29, 1.82) is 0 Å². The maximum absolute atomic E-state index is 12.0. The van der Waals surface area contributed by atoms with Crippen LogP contribution in [0.3, 0.4) is 0 Å². The van der Waals surface area contributed by atoms with Crippen molar-refractivity contribution >= 4 is 16.7 Å². The van der Waals surface area contributed by atoms with E-state index in [1.54, 1.807) is 6.92 Å². The third kappa shape index (κ3) is 4.22. The van der Waals surface area contributed by atoms with Crippen LogP contribution in [0.2, 0.25) is 0 Å². The topological polar surface area (TPSA) is 38.3 Å². The summed E-state index contributed by atoms with van der Waals surface area (Å²) in [5.41, 5.74) is 0. The second-order valence-corrected chi connectivity index (χ2v) is 5.24. The van der Waals surface area contributed by atoms with Crippen LogP contribution in [0.4, 0.5) is 0 Å². The monoisotopic (exact) mass is 285 g/mol. The van der Waals surface area contributed by atoms with Crippen LogP contribution in [0.1, 0.15) is 33.1 Å². The molecule has 1 N–H and O–H groups in total. The Balaban J connectivity index is 1.98. The van der Waals surface area contributed by atoms with Gasteiger partial charge in [-0.1, -0.05) is 56.2 Å². The number of fused-ring (bicyclic) bond motifs is 1. The molecule has 0 spiro atoms. The molecule has 0 fully saturated rings. The van der Waals surface area contributed by atoms with Crippen molar-refractivity contribution in [2.75, 3.05) is 6.54 Å². The quantitative estimate of drug-likeness (QED) is 0.783. The highest BCUT2D eigenvalue weighted by molar-refractivity contribution is 5.89. The molecule has 0 saturated carbocycles. The zero-order valence-electron chi connectivity index (χ0n) is 12.8. The first-order chi connectivity index (χ1) is 10.2. The molecule has 2 rings (SSSR count). The first-order valence-electron chi connectivity index (χ1n) is 7.64. The van der Waals surface area contributed by atoms with Crippen LogP contribution in [0.25, 0.3) is 10.8 Å². The van der Waals surface area contributed by atoms with E-state index in [0.29, 0.717) is 0 Å². The van der Waals surface area contributed by atoms with Gasteiger partial charge in [-0.15, -0.1) is 0 Å².